The normalized spacial score (nSPS) is 21.9. The maximum Gasteiger partial charge on any atom is 0.264 e. The quantitative estimate of drug-likeness (QED) is 0.910. The summed E-state index contributed by atoms with van der Waals surface area (Å²) < 4.78 is 28.7. The summed E-state index contributed by atoms with van der Waals surface area (Å²) >= 11 is 0. The van der Waals surface area contributed by atoms with E-state index in [2.05, 4.69) is 11.4 Å². The fourth-order valence-corrected chi connectivity index (χ4v) is 4.20. The standard InChI is InChI=1S/C17H21NO4S/c1-17(2,16(19)18-14-8-9-23(20,21)11-14)22-15-7-6-12-4-3-5-13(12)10-15/h6-10,14H,3-5,11H2,1-2H3,(H,18,19)/t14-/m0/s1. The molecule has 5 nitrogen and oxygen atoms in total. The molecule has 1 heterocycles. The van der Waals surface area contributed by atoms with Gasteiger partial charge in [0.15, 0.2) is 15.4 Å². The van der Waals surface area contributed by atoms with Crippen LogP contribution in [0, 0.1) is 0 Å². The average Bonchev–Trinajstić information content (AvgIpc) is 3.04. The van der Waals surface area contributed by atoms with E-state index in [-0.39, 0.29) is 11.7 Å². The number of hydrogen-bond acceptors (Lipinski definition) is 4. The number of ether oxygens (including phenoxy) is 1. The Kier molecular flexibility index (Phi) is 3.96. The van der Waals surface area contributed by atoms with Crippen LogP contribution in [0.1, 0.15) is 31.4 Å². The minimum Gasteiger partial charge on any atom is -0.478 e. The molecule has 124 valence electrons. The van der Waals surface area contributed by atoms with Gasteiger partial charge in [0.2, 0.25) is 0 Å². The zero-order valence-corrected chi connectivity index (χ0v) is 14.2. The van der Waals surface area contributed by atoms with E-state index in [0.717, 1.165) is 24.7 Å². The summed E-state index contributed by atoms with van der Waals surface area (Å²) in [6, 6.07) is 5.45. The van der Waals surface area contributed by atoms with Crippen LogP contribution in [0.4, 0.5) is 0 Å². The Morgan fingerprint density at radius 3 is 2.70 bits per heavy atom. The third-order valence-electron chi connectivity index (χ3n) is 4.24. The van der Waals surface area contributed by atoms with Crippen molar-refractivity contribution in [1.82, 2.24) is 5.32 Å². The number of carbonyl (C=O) groups excluding carboxylic acids is 1. The second-order valence-electron chi connectivity index (χ2n) is 6.63. The van der Waals surface area contributed by atoms with Gasteiger partial charge in [-0.25, -0.2) is 8.42 Å². The first-order valence-electron chi connectivity index (χ1n) is 7.78. The van der Waals surface area contributed by atoms with Crippen molar-refractivity contribution >= 4 is 15.7 Å². The van der Waals surface area contributed by atoms with E-state index in [0.29, 0.717) is 5.75 Å². The smallest absolute Gasteiger partial charge is 0.264 e. The molecule has 1 aromatic rings. The molecule has 0 saturated heterocycles. The van der Waals surface area contributed by atoms with Crippen molar-refractivity contribution in [2.75, 3.05) is 5.75 Å². The number of aryl methyl sites for hydroxylation is 2. The first kappa shape index (κ1) is 16.1. The largest absolute Gasteiger partial charge is 0.478 e. The summed E-state index contributed by atoms with van der Waals surface area (Å²) in [6.07, 6.45) is 4.80. The van der Waals surface area contributed by atoms with Gasteiger partial charge in [0.25, 0.3) is 5.91 Å². The molecule has 1 amide bonds. The molecule has 0 fully saturated rings. The predicted octanol–water partition coefficient (Wildman–Crippen LogP) is 1.76. The lowest BCUT2D eigenvalue weighted by molar-refractivity contribution is -0.134. The highest BCUT2D eigenvalue weighted by molar-refractivity contribution is 7.94. The number of carbonyl (C=O) groups is 1. The second-order valence-corrected chi connectivity index (χ2v) is 8.57. The first-order chi connectivity index (χ1) is 10.8. The molecular formula is C17H21NO4S. The van der Waals surface area contributed by atoms with Gasteiger partial charge in [-0.2, -0.15) is 0 Å². The van der Waals surface area contributed by atoms with Crippen molar-refractivity contribution in [2.45, 2.75) is 44.8 Å². The summed E-state index contributed by atoms with van der Waals surface area (Å²) in [7, 11) is -3.19. The Hall–Kier alpha value is -1.82. The van der Waals surface area contributed by atoms with Gasteiger partial charge >= 0.3 is 0 Å². The maximum atomic E-state index is 12.4. The molecule has 1 N–H and O–H groups in total. The van der Waals surface area contributed by atoms with E-state index < -0.39 is 21.5 Å². The number of benzene rings is 1. The molecular weight excluding hydrogens is 314 g/mol. The highest BCUT2D eigenvalue weighted by Gasteiger charge is 2.33. The Labute approximate surface area is 136 Å². The SMILES string of the molecule is CC(C)(Oc1ccc2c(c1)CCC2)C(=O)N[C@H]1C=CS(=O)(=O)C1. The summed E-state index contributed by atoms with van der Waals surface area (Å²) in [4.78, 5) is 12.4. The molecule has 1 aromatic carbocycles. The highest BCUT2D eigenvalue weighted by atomic mass is 32.2. The van der Waals surface area contributed by atoms with Crippen molar-refractivity contribution in [3.63, 3.8) is 0 Å². The Balaban J connectivity index is 1.66. The number of nitrogens with one attached hydrogen (secondary N) is 1. The first-order valence-corrected chi connectivity index (χ1v) is 9.49. The lowest BCUT2D eigenvalue weighted by atomic mass is 10.1. The molecule has 23 heavy (non-hydrogen) atoms. The third kappa shape index (κ3) is 3.58. The van der Waals surface area contributed by atoms with Crippen LogP contribution in [0.25, 0.3) is 0 Å². The summed E-state index contributed by atoms with van der Waals surface area (Å²) in [5, 5.41) is 3.86. The van der Waals surface area contributed by atoms with Gasteiger partial charge in [0, 0.05) is 5.41 Å². The summed E-state index contributed by atoms with van der Waals surface area (Å²) in [6.45, 7) is 3.37. The Morgan fingerprint density at radius 1 is 1.26 bits per heavy atom. The molecule has 0 radical (unpaired) electrons. The van der Waals surface area contributed by atoms with Gasteiger partial charge in [-0.05, 0) is 62.4 Å². The predicted molar refractivity (Wildman–Crippen MR) is 88.0 cm³/mol. The Morgan fingerprint density at radius 2 is 2.00 bits per heavy atom. The van der Waals surface area contributed by atoms with Gasteiger partial charge in [-0.15, -0.1) is 0 Å². The lowest BCUT2D eigenvalue weighted by Gasteiger charge is -2.27. The number of sulfone groups is 1. The molecule has 2 aliphatic rings. The van der Waals surface area contributed by atoms with E-state index in [1.165, 1.54) is 17.2 Å². The minimum absolute atomic E-state index is 0.0896. The van der Waals surface area contributed by atoms with Crippen LogP contribution in [0.2, 0.25) is 0 Å². The van der Waals surface area contributed by atoms with Crippen molar-refractivity contribution in [3.05, 3.63) is 40.8 Å². The van der Waals surface area contributed by atoms with Crippen molar-refractivity contribution in [1.29, 1.82) is 0 Å². The van der Waals surface area contributed by atoms with Crippen LogP contribution in [0.5, 0.6) is 5.75 Å². The Bertz CT molecular complexity index is 765. The maximum absolute atomic E-state index is 12.4. The molecule has 1 aliphatic heterocycles. The van der Waals surface area contributed by atoms with Gasteiger partial charge in [0.1, 0.15) is 5.75 Å². The van der Waals surface area contributed by atoms with E-state index >= 15 is 0 Å². The molecule has 0 spiro atoms. The van der Waals surface area contributed by atoms with Crippen molar-refractivity contribution in [3.8, 4) is 5.75 Å². The lowest BCUT2D eigenvalue weighted by Crippen LogP contribution is -2.50. The second kappa shape index (κ2) is 5.67. The summed E-state index contributed by atoms with van der Waals surface area (Å²) in [5.41, 5.74) is 1.55. The number of fused-ring (bicyclic) bond motifs is 1. The topological polar surface area (TPSA) is 72.5 Å². The van der Waals surface area contributed by atoms with Crippen LogP contribution < -0.4 is 10.1 Å². The van der Waals surface area contributed by atoms with Crippen molar-refractivity contribution < 1.29 is 17.9 Å². The molecule has 6 heteroatoms. The van der Waals surface area contributed by atoms with Crippen molar-refractivity contribution in [2.24, 2.45) is 0 Å². The average molecular weight is 335 g/mol. The van der Waals surface area contributed by atoms with E-state index in [1.54, 1.807) is 13.8 Å². The number of hydrogen-bond donors (Lipinski definition) is 1. The molecule has 0 aromatic heterocycles. The molecule has 0 bridgehead atoms. The molecule has 0 unspecified atom stereocenters. The number of amides is 1. The van der Waals surface area contributed by atoms with Crippen LogP contribution in [-0.2, 0) is 27.5 Å². The van der Waals surface area contributed by atoms with E-state index in [9.17, 15) is 13.2 Å². The fraction of sp³-hybridized carbons (Fsp3) is 0.471. The highest BCUT2D eigenvalue weighted by Crippen LogP contribution is 2.28. The molecule has 1 atom stereocenters. The molecule has 0 saturated carbocycles. The minimum atomic E-state index is -3.19. The van der Waals surface area contributed by atoms with Crippen LogP contribution in [0.15, 0.2) is 29.7 Å². The zero-order valence-electron chi connectivity index (χ0n) is 13.3. The van der Waals surface area contributed by atoms with Crippen LogP contribution in [-0.4, -0.2) is 31.7 Å². The summed E-state index contributed by atoms with van der Waals surface area (Å²) in [5.74, 6) is 0.248. The van der Waals surface area contributed by atoms with Crippen LogP contribution >= 0.6 is 0 Å². The zero-order chi connectivity index (χ0) is 16.7. The third-order valence-corrected chi connectivity index (χ3v) is 5.63. The number of rotatable bonds is 4. The fourth-order valence-electron chi connectivity index (χ4n) is 2.96. The van der Waals surface area contributed by atoms with E-state index in [4.69, 9.17) is 4.74 Å². The van der Waals surface area contributed by atoms with Gasteiger partial charge < -0.3 is 10.1 Å². The van der Waals surface area contributed by atoms with Gasteiger partial charge in [0.05, 0.1) is 11.8 Å². The molecule has 1 aliphatic carbocycles. The molecule has 3 rings (SSSR count). The monoisotopic (exact) mass is 335 g/mol. The van der Waals surface area contributed by atoms with Gasteiger partial charge in [-0.3, -0.25) is 4.79 Å². The van der Waals surface area contributed by atoms with E-state index in [1.807, 2.05) is 12.1 Å². The van der Waals surface area contributed by atoms with Crippen LogP contribution in [0.3, 0.4) is 0 Å². The van der Waals surface area contributed by atoms with Gasteiger partial charge in [-0.1, -0.05) is 6.07 Å².